The van der Waals surface area contributed by atoms with E-state index in [2.05, 4.69) is 25.6 Å². The molecule has 2 aromatic heterocycles. The number of hydrogen-bond acceptors (Lipinski definition) is 8. The molecule has 0 atom stereocenters. The number of carbonyl (C=O) groups is 2. The molecular formula is C28H31FN8O3. The number of anilines is 5. The largest absolute Gasteiger partial charge is 0.495 e. The second-order valence-corrected chi connectivity index (χ2v) is 9.80. The molecule has 5 rings (SSSR count). The number of hydrogen-bond donors (Lipinski definition) is 4. The number of fused-ring (bicyclic) bond motifs is 2. The zero-order valence-electron chi connectivity index (χ0n) is 22.5. The van der Waals surface area contributed by atoms with Crippen LogP contribution in [0.3, 0.4) is 0 Å². The van der Waals surface area contributed by atoms with Crippen molar-refractivity contribution in [3.05, 3.63) is 59.5 Å². The molecule has 0 radical (unpaired) electrons. The lowest BCUT2D eigenvalue weighted by Crippen LogP contribution is -2.37. The lowest BCUT2D eigenvalue weighted by atomic mass is 10.00. The molecule has 0 unspecified atom stereocenters. The van der Waals surface area contributed by atoms with E-state index < -0.39 is 11.7 Å². The van der Waals surface area contributed by atoms with Crippen molar-refractivity contribution in [1.29, 1.82) is 0 Å². The fraction of sp³-hybridized carbons (Fsp3) is 0.286. The van der Waals surface area contributed by atoms with Gasteiger partial charge in [0.15, 0.2) is 0 Å². The number of halogens is 1. The van der Waals surface area contributed by atoms with E-state index in [-0.39, 0.29) is 23.1 Å². The van der Waals surface area contributed by atoms with Gasteiger partial charge in [-0.05, 0) is 62.8 Å². The maximum Gasteiger partial charge on any atom is 0.253 e. The predicted octanol–water partition coefficient (Wildman–Crippen LogP) is 3.92. The minimum absolute atomic E-state index is 0.0571. The van der Waals surface area contributed by atoms with E-state index in [9.17, 15) is 14.0 Å². The quantitative estimate of drug-likeness (QED) is 0.248. The Morgan fingerprint density at radius 3 is 2.75 bits per heavy atom. The van der Waals surface area contributed by atoms with E-state index >= 15 is 0 Å². The Morgan fingerprint density at radius 2 is 2.00 bits per heavy atom. The number of amides is 2. The summed E-state index contributed by atoms with van der Waals surface area (Å²) in [4.78, 5) is 41.1. The Labute approximate surface area is 230 Å². The van der Waals surface area contributed by atoms with Gasteiger partial charge in [-0.2, -0.15) is 9.97 Å². The van der Waals surface area contributed by atoms with Gasteiger partial charge in [-0.15, -0.1) is 0 Å². The monoisotopic (exact) mass is 546 g/mol. The topological polar surface area (TPSA) is 142 Å². The zero-order chi connectivity index (χ0) is 28.4. The van der Waals surface area contributed by atoms with Crippen molar-refractivity contribution in [1.82, 2.24) is 19.9 Å². The van der Waals surface area contributed by atoms with E-state index in [4.69, 9.17) is 10.5 Å². The number of aromatic nitrogens is 3. The molecule has 11 nitrogen and oxygen atoms in total. The molecule has 12 heteroatoms. The van der Waals surface area contributed by atoms with Gasteiger partial charge in [-0.3, -0.25) is 9.59 Å². The molecule has 0 aliphatic carbocycles. The number of carbonyl (C=O) groups excluding carboxylic acids is 2. The number of nitrogens with one attached hydrogen (secondary N) is 3. The summed E-state index contributed by atoms with van der Waals surface area (Å²) in [5, 5.41) is 6.88. The van der Waals surface area contributed by atoms with E-state index in [0.717, 1.165) is 24.1 Å². The summed E-state index contributed by atoms with van der Waals surface area (Å²) >= 11 is 0. The highest BCUT2D eigenvalue weighted by atomic mass is 19.1. The molecule has 5 N–H and O–H groups in total. The van der Waals surface area contributed by atoms with Crippen molar-refractivity contribution in [2.24, 2.45) is 5.73 Å². The minimum atomic E-state index is -0.901. The van der Waals surface area contributed by atoms with Crippen LogP contribution in [-0.4, -0.2) is 66.0 Å². The van der Waals surface area contributed by atoms with Gasteiger partial charge >= 0.3 is 0 Å². The third-order valence-corrected chi connectivity index (χ3v) is 6.77. The average molecular weight is 547 g/mol. The van der Waals surface area contributed by atoms with E-state index in [0.29, 0.717) is 47.8 Å². The summed E-state index contributed by atoms with van der Waals surface area (Å²) < 4.78 is 20.1. The zero-order valence-corrected chi connectivity index (χ0v) is 22.5. The van der Waals surface area contributed by atoms with Crippen LogP contribution in [0, 0.1) is 5.82 Å². The highest BCUT2D eigenvalue weighted by molar-refractivity contribution is 6.01. The van der Waals surface area contributed by atoms with Gasteiger partial charge in [0, 0.05) is 31.4 Å². The third kappa shape index (κ3) is 5.38. The number of H-pyrrole nitrogens is 1. The van der Waals surface area contributed by atoms with Crippen molar-refractivity contribution in [2.75, 3.05) is 49.8 Å². The average Bonchev–Trinajstić information content (AvgIpc) is 3.40. The van der Waals surface area contributed by atoms with Crippen LogP contribution < -0.4 is 26.0 Å². The Kier molecular flexibility index (Phi) is 7.52. The summed E-state index contributed by atoms with van der Waals surface area (Å²) in [6, 6.07) is 9.77. The van der Waals surface area contributed by atoms with Crippen LogP contribution in [0.2, 0.25) is 0 Å². The molecule has 1 aliphatic rings. The maximum absolute atomic E-state index is 14.4. The third-order valence-electron chi connectivity index (χ3n) is 6.77. The Balaban J connectivity index is 1.51. The lowest BCUT2D eigenvalue weighted by molar-refractivity contribution is -0.118. The first-order chi connectivity index (χ1) is 19.2. The predicted molar refractivity (Wildman–Crippen MR) is 152 cm³/mol. The van der Waals surface area contributed by atoms with Crippen LogP contribution in [0.5, 0.6) is 5.75 Å². The molecule has 2 aromatic carbocycles. The van der Waals surface area contributed by atoms with E-state index in [1.165, 1.54) is 12.1 Å². The fourth-order valence-electron chi connectivity index (χ4n) is 4.81. The van der Waals surface area contributed by atoms with Crippen molar-refractivity contribution in [2.45, 2.75) is 19.3 Å². The summed E-state index contributed by atoms with van der Waals surface area (Å²) in [5.74, 6) is -0.456. The van der Waals surface area contributed by atoms with Gasteiger partial charge in [-0.25, -0.2) is 4.39 Å². The molecule has 0 saturated carbocycles. The van der Waals surface area contributed by atoms with Crippen molar-refractivity contribution >= 4 is 51.7 Å². The van der Waals surface area contributed by atoms with Crippen LogP contribution in [0.4, 0.5) is 33.2 Å². The Hall–Kier alpha value is -4.71. The molecule has 40 heavy (non-hydrogen) atoms. The van der Waals surface area contributed by atoms with Gasteiger partial charge in [0.25, 0.3) is 5.91 Å². The molecule has 2 amide bonds. The Morgan fingerprint density at radius 1 is 1.18 bits per heavy atom. The summed E-state index contributed by atoms with van der Waals surface area (Å²) in [6.07, 6.45) is 3.81. The maximum atomic E-state index is 14.4. The van der Waals surface area contributed by atoms with Crippen molar-refractivity contribution in [3.8, 4) is 5.75 Å². The van der Waals surface area contributed by atoms with Crippen LogP contribution in [0.1, 0.15) is 28.8 Å². The first-order valence-electron chi connectivity index (χ1n) is 12.9. The number of methoxy groups -OCH3 is 1. The number of nitrogens with two attached hydrogens (primary N) is 1. The molecule has 1 aliphatic heterocycles. The molecule has 4 aromatic rings. The number of ether oxygens (including phenoxy) is 1. The standard InChI is InChI=1S/C28H31FN8O3/c1-36(2)13-10-23(38)37-12-5-6-16-14-22(40-3)20(15-21(16)37)33-28-34-26-17(9-11-31-26)27(35-28)32-19-8-4-7-18(29)24(19)25(30)39/h4,7-9,11,14-15H,5-6,10,12-13H2,1-3H3,(H2,30,39)(H3,31,32,33,34,35). The van der Waals surface area contributed by atoms with Crippen molar-refractivity contribution < 1.29 is 18.7 Å². The molecule has 3 heterocycles. The molecule has 0 saturated heterocycles. The van der Waals surface area contributed by atoms with Crippen LogP contribution in [-0.2, 0) is 11.2 Å². The normalized spacial score (nSPS) is 12.9. The molecule has 208 valence electrons. The molecule has 0 bridgehead atoms. The van der Waals surface area contributed by atoms with Crippen LogP contribution in [0.15, 0.2) is 42.6 Å². The number of aryl methyl sites for hydroxylation is 1. The smallest absolute Gasteiger partial charge is 0.253 e. The van der Waals surface area contributed by atoms with Gasteiger partial charge in [-0.1, -0.05) is 6.07 Å². The lowest BCUT2D eigenvalue weighted by Gasteiger charge is -2.31. The number of nitrogens with zero attached hydrogens (tertiary/aromatic N) is 4. The molecule has 0 fully saturated rings. The molecular weight excluding hydrogens is 515 g/mol. The number of primary amides is 1. The van der Waals surface area contributed by atoms with Gasteiger partial charge in [0.2, 0.25) is 11.9 Å². The molecule has 0 spiro atoms. The van der Waals surface area contributed by atoms with Gasteiger partial charge in [0.05, 0.1) is 29.4 Å². The first kappa shape index (κ1) is 26.9. The second kappa shape index (κ2) is 11.2. The number of aromatic amines is 1. The van der Waals surface area contributed by atoms with E-state index in [1.54, 1.807) is 25.4 Å². The Bertz CT molecular complexity index is 1590. The first-order valence-corrected chi connectivity index (χ1v) is 12.9. The number of rotatable bonds is 9. The summed E-state index contributed by atoms with van der Waals surface area (Å²) in [6.45, 7) is 1.30. The van der Waals surface area contributed by atoms with E-state index in [1.807, 2.05) is 36.0 Å². The van der Waals surface area contributed by atoms with Gasteiger partial charge < -0.3 is 35.9 Å². The van der Waals surface area contributed by atoms with Crippen LogP contribution >= 0.6 is 0 Å². The minimum Gasteiger partial charge on any atom is -0.495 e. The van der Waals surface area contributed by atoms with Crippen molar-refractivity contribution in [3.63, 3.8) is 0 Å². The van der Waals surface area contributed by atoms with Gasteiger partial charge in [0.1, 0.15) is 23.0 Å². The SMILES string of the molecule is COc1cc2c(cc1Nc1nc(Nc3cccc(F)c3C(N)=O)c3cc[nH]c3n1)N(C(=O)CCN(C)C)CCC2. The van der Waals surface area contributed by atoms with Crippen LogP contribution in [0.25, 0.3) is 11.0 Å². The fourth-order valence-corrected chi connectivity index (χ4v) is 4.81. The summed E-state index contributed by atoms with van der Waals surface area (Å²) in [7, 11) is 5.46. The summed E-state index contributed by atoms with van der Waals surface area (Å²) in [5.41, 5.74) is 8.28. The second-order valence-electron chi connectivity index (χ2n) is 9.80. The highest BCUT2D eigenvalue weighted by Gasteiger charge is 2.25. The highest BCUT2D eigenvalue weighted by Crippen LogP contribution is 2.38. The number of benzene rings is 2.